The quantitative estimate of drug-likeness (QED) is 0.682. The van der Waals surface area contributed by atoms with E-state index in [-0.39, 0.29) is 6.61 Å². The van der Waals surface area contributed by atoms with E-state index >= 15 is 0 Å². The third-order valence-corrected chi connectivity index (χ3v) is 3.56. The van der Waals surface area contributed by atoms with E-state index < -0.39 is 0 Å². The van der Waals surface area contributed by atoms with Gasteiger partial charge in [-0.2, -0.15) is 0 Å². The number of nitrogens with one attached hydrogen (secondary N) is 1. The van der Waals surface area contributed by atoms with Crippen LogP contribution >= 0.6 is 0 Å². The van der Waals surface area contributed by atoms with Crippen LogP contribution in [0.25, 0.3) is 0 Å². The molecule has 20 heavy (non-hydrogen) atoms. The minimum atomic E-state index is 0.211. The van der Waals surface area contributed by atoms with Crippen LogP contribution in [0.2, 0.25) is 0 Å². The van der Waals surface area contributed by atoms with Gasteiger partial charge in [0.15, 0.2) is 11.5 Å². The number of aliphatic hydroxyl groups excluding tert-OH is 1. The molecule has 0 saturated heterocycles. The highest BCUT2D eigenvalue weighted by Crippen LogP contribution is 2.32. The van der Waals surface area contributed by atoms with E-state index in [9.17, 15) is 0 Å². The summed E-state index contributed by atoms with van der Waals surface area (Å²) in [5.41, 5.74) is 1.22. The van der Waals surface area contributed by atoms with E-state index in [4.69, 9.17) is 14.6 Å². The van der Waals surface area contributed by atoms with Crippen LogP contribution in [0.3, 0.4) is 0 Å². The molecule has 4 heteroatoms. The molecule has 1 fully saturated rings. The Morgan fingerprint density at radius 1 is 1.30 bits per heavy atom. The smallest absolute Gasteiger partial charge is 0.161 e. The number of ether oxygens (including phenoxy) is 2. The fourth-order valence-electron chi connectivity index (χ4n) is 2.17. The van der Waals surface area contributed by atoms with E-state index in [0.29, 0.717) is 18.7 Å². The number of methoxy groups -OCH3 is 1. The second-order valence-electron chi connectivity index (χ2n) is 5.35. The zero-order valence-electron chi connectivity index (χ0n) is 12.4. The lowest BCUT2D eigenvalue weighted by Gasteiger charge is -2.17. The molecule has 0 aromatic heterocycles. The van der Waals surface area contributed by atoms with Crippen LogP contribution in [-0.2, 0) is 0 Å². The van der Waals surface area contributed by atoms with Crippen LogP contribution in [0.15, 0.2) is 18.2 Å². The number of rotatable bonds is 9. The lowest BCUT2D eigenvalue weighted by Crippen LogP contribution is -2.20. The average molecular weight is 279 g/mol. The molecule has 1 saturated carbocycles. The highest BCUT2D eigenvalue weighted by molar-refractivity contribution is 5.43. The van der Waals surface area contributed by atoms with Crippen LogP contribution in [0.4, 0.5) is 0 Å². The van der Waals surface area contributed by atoms with E-state index in [1.165, 1.54) is 18.4 Å². The van der Waals surface area contributed by atoms with Gasteiger partial charge in [-0.1, -0.05) is 6.07 Å². The molecule has 0 bridgehead atoms. The lowest BCUT2D eigenvalue weighted by atomic mass is 10.1. The molecule has 0 amide bonds. The van der Waals surface area contributed by atoms with Crippen LogP contribution in [0.5, 0.6) is 11.5 Å². The molecule has 0 spiro atoms. The zero-order chi connectivity index (χ0) is 14.4. The fourth-order valence-corrected chi connectivity index (χ4v) is 2.17. The van der Waals surface area contributed by atoms with Crippen molar-refractivity contribution in [3.63, 3.8) is 0 Å². The van der Waals surface area contributed by atoms with Gasteiger partial charge in [-0.25, -0.2) is 0 Å². The summed E-state index contributed by atoms with van der Waals surface area (Å²) in [6.45, 7) is 2.99. The number of hydrogen-bond donors (Lipinski definition) is 2. The van der Waals surface area contributed by atoms with Gasteiger partial charge in [0.05, 0.1) is 13.7 Å². The van der Waals surface area contributed by atoms with E-state index in [2.05, 4.69) is 24.4 Å². The monoisotopic (exact) mass is 279 g/mol. The van der Waals surface area contributed by atoms with Gasteiger partial charge in [-0.3, -0.25) is 0 Å². The minimum absolute atomic E-state index is 0.211. The van der Waals surface area contributed by atoms with Crippen LogP contribution in [0.1, 0.15) is 44.2 Å². The molecule has 1 aliphatic carbocycles. The van der Waals surface area contributed by atoms with Gasteiger partial charge >= 0.3 is 0 Å². The van der Waals surface area contributed by atoms with Crippen molar-refractivity contribution in [3.05, 3.63) is 23.8 Å². The van der Waals surface area contributed by atoms with Crippen molar-refractivity contribution in [2.24, 2.45) is 0 Å². The topological polar surface area (TPSA) is 50.7 Å². The van der Waals surface area contributed by atoms with Gasteiger partial charge in [0.25, 0.3) is 0 Å². The minimum Gasteiger partial charge on any atom is -0.493 e. The number of unbranched alkanes of at least 4 members (excludes halogenated alkanes) is 1. The first kappa shape index (κ1) is 15.1. The Hall–Kier alpha value is -1.26. The summed E-state index contributed by atoms with van der Waals surface area (Å²) in [5, 5.41) is 12.4. The summed E-state index contributed by atoms with van der Waals surface area (Å²) in [7, 11) is 1.65. The summed E-state index contributed by atoms with van der Waals surface area (Å²) in [6.07, 6.45) is 4.18. The standard InChI is InChI=1S/C16H25NO3/c1-12(17-14-6-7-14)13-5-8-15(19-2)16(11-13)20-10-4-3-9-18/h5,8,11-12,14,17-18H,3-4,6-7,9-10H2,1-2H3. The molecule has 2 rings (SSSR count). The molecule has 0 heterocycles. The SMILES string of the molecule is COc1ccc(C(C)NC2CC2)cc1OCCCCO. The van der Waals surface area contributed by atoms with Crippen molar-refractivity contribution in [3.8, 4) is 11.5 Å². The predicted octanol–water partition coefficient (Wildman–Crippen LogP) is 2.66. The molecule has 1 unspecified atom stereocenters. The summed E-state index contributed by atoms with van der Waals surface area (Å²) in [5.74, 6) is 1.55. The van der Waals surface area contributed by atoms with Crippen molar-refractivity contribution in [1.82, 2.24) is 5.32 Å². The molecule has 2 N–H and O–H groups in total. The van der Waals surface area contributed by atoms with E-state index in [1.807, 2.05) is 6.07 Å². The molecular weight excluding hydrogens is 254 g/mol. The van der Waals surface area contributed by atoms with E-state index in [0.717, 1.165) is 24.3 Å². The maximum Gasteiger partial charge on any atom is 0.161 e. The van der Waals surface area contributed by atoms with Gasteiger partial charge in [0.2, 0.25) is 0 Å². The highest BCUT2D eigenvalue weighted by atomic mass is 16.5. The summed E-state index contributed by atoms with van der Waals surface area (Å²) < 4.78 is 11.1. The first-order valence-corrected chi connectivity index (χ1v) is 7.42. The van der Waals surface area contributed by atoms with Crippen molar-refractivity contribution in [1.29, 1.82) is 0 Å². The largest absolute Gasteiger partial charge is 0.493 e. The van der Waals surface area contributed by atoms with Crippen molar-refractivity contribution >= 4 is 0 Å². The Labute approximate surface area is 121 Å². The third-order valence-electron chi connectivity index (χ3n) is 3.56. The molecule has 4 nitrogen and oxygen atoms in total. The van der Waals surface area contributed by atoms with Crippen LogP contribution in [0, 0.1) is 0 Å². The second-order valence-corrected chi connectivity index (χ2v) is 5.35. The molecule has 1 atom stereocenters. The molecule has 1 aromatic carbocycles. The predicted molar refractivity (Wildman–Crippen MR) is 79.4 cm³/mol. The maximum absolute atomic E-state index is 8.78. The average Bonchev–Trinajstić information content (AvgIpc) is 3.27. The zero-order valence-corrected chi connectivity index (χ0v) is 12.4. The van der Waals surface area contributed by atoms with Crippen molar-refractivity contribution in [2.75, 3.05) is 20.3 Å². The highest BCUT2D eigenvalue weighted by Gasteiger charge is 2.23. The molecule has 0 radical (unpaired) electrons. The first-order valence-electron chi connectivity index (χ1n) is 7.42. The molecule has 1 aromatic rings. The summed E-state index contributed by atoms with van der Waals surface area (Å²) in [6, 6.07) is 7.10. The molecular formula is C16H25NO3. The molecule has 1 aliphatic rings. The Morgan fingerprint density at radius 2 is 2.10 bits per heavy atom. The second kappa shape index (κ2) is 7.50. The Kier molecular flexibility index (Phi) is 5.68. The van der Waals surface area contributed by atoms with Crippen LogP contribution in [-0.4, -0.2) is 31.5 Å². The summed E-state index contributed by atoms with van der Waals surface area (Å²) in [4.78, 5) is 0. The van der Waals surface area contributed by atoms with Crippen molar-refractivity contribution < 1.29 is 14.6 Å². The Bertz CT molecular complexity index is 418. The van der Waals surface area contributed by atoms with E-state index in [1.54, 1.807) is 7.11 Å². The van der Waals surface area contributed by atoms with Crippen molar-refractivity contribution in [2.45, 2.75) is 44.7 Å². The maximum atomic E-state index is 8.78. The Balaban J connectivity index is 1.98. The van der Waals surface area contributed by atoms with Gasteiger partial charge < -0.3 is 19.9 Å². The summed E-state index contributed by atoms with van der Waals surface area (Å²) >= 11 is 0. The van der Waals surface area contributed by atoms with Gasteiger partial charge in [0.1, 0.15) is 0 Å². The normalized spacial score (nSPS) is 15.9. The van der Waals surface area contributed by atoms with Gasteiger partial charge in [-0.15, -0.1) is 0 Å². The lowest BCUT2D eigenvalue weighted by molar-refractivity contribution is 0.247. The number of aliphatic hydroxyl groups is 1. The number of benzene rings is 1. The van der Waals surface area contributed by atoms with Crippen LogP contribution < -0.4 is 14.8 Å². The molecule has 112 valence electrons. The third kappa shape index (κ3) is 4.39. The first-order chi connectivity index (χ1) is 9.74. The van der Waals surface area contributed by atoms with Gasteiger partial charge in [0, 0.05) is 18.7 Å². The number of hydrogen-bond acceptors (Lipinski definition) is 4. The molecule has 0 aliphatic heterocycles. The Morgan fingerprint density at radius 3 is 2.75 bits per heavy atom. The van der Waals surface area contributed by atoms with Gasteiger partial charge in [-0.05, 0) is 50.3 Å². The fraction of sp³-hybridized carbons (Fsp3) is 0.625.